The van der Waals surface area contributed by atoms with Crippen LogP contribution in [0.15, 0.2) is 16.3 Å². The van der Waals surface area contributed by atoms with Crippen LogP contribution in [-0.2, 0) is 15.9 Å². The summed E-state index contributed by atoms with van der Waals surface area (Å²) in [6.45, 7) is 2.75. The third kappa shape index (κ3) is 3.15. The molecule has 0 aliphatic carbocycles. The summed E-state index contributed by atoms with van der Waals surface area (Å²) in [5.41, 5.74) is 0. The second-order valence-electron chi connectivity index (χ2n) is 4.90. The lowest BCUT2D eigenvalue weighted by atomic mass is 10.0. The van der Waals surface area contributed by atoms with E-state index in [1.165, 1.54) is 11.3 Å². The van der Waals surface area contributed by atoms with Crippen molar-refractivity contribution in [3.8, 4) is 0 Å². The van der Waals surface area contributed by atoms with Gasteiger partial charge >= 0.3 is 0 Å². The second kappa shape index (κ2) is 6.57. The first-order chi connectivity index (χ1) is 9.11. The number of sulfonamides is 1. The summed E-state index contributed by atoms with van der Waals surface area (Å²) in [6.07, 6.45) is 5.03. The third-order valence-corrected chi connectivity index (χ3v) is 7.12. The maximum absolute atomic E-state index is 12.8. The van der Waals surface area contributed by atoms with Gasteiger partial charge in [0.15, 0.2) is 0 Å². The van der Waals surface area contributed by atoms with E-state index in [0.29, 0.717) is 11.4 Å². The fraction of sp³-hybridized carbons (Fsp3) is 0.692. The average molecular weight is 322 g/mol. The zero-order chi connectivity index (χ0) is 13.9. The summed E-state index contributed by atoms with van der Waals surface area (Å²) in [6, 6.07) is 1.85. The quantitative estimate of drug-likeness (QED) is 0.773. The number of alkyl halides is 1. The van der Waals surface area contributed by atoms with Crippen LogP contribution in [0.5, 0.6) is 0 Å². The van der Waals surface area contributed by atoms with Crippen LogP contribution >= 0.6 is 22.9 Å². The van der Waals surface area contributed by atoms with Gasteiger partial charge in [-0.3, -0.25) is 0 Å². The third-order valence-electron chi connectivity index (χ3n) is 3.61. The standard InChI is InChI=1S/C13H20ClNO2S2/c1-2-5-11-6-3-4-8-15(11)19(16,17)13-7-9-18-12(13)10-14/h7,9,11H,2-6,8,10H2,1H3. The first-order valence-corrected chi connectivity index (χ1v) is 9.60. The van der Waals surface area contributed by atoms with E-state index in [4.69, 9.17) is 11.6 Å². The molecular weight excluding hydrogens is 302 g/mol. The van der Waals surface area contributed by atoms with Crippen molar-refractivity contribution in [2.45, 2.75) is 55.8 Å². The van der Waals surface area contributed by atoms with E-state index >= 15 is 0 Å². The van der Waals surface area contributed by atoms with Crippen molar-refractivity contribution in [2.75, 3.05) is 6.54 Å². The summed E-state index contributed by atoms with van der Waals surface area (Å²) in [5, 5.41) is 1.81. The molecule has 0 N–H and O–H groups in total. The molecule has 1 aromatic heterocycles. The van der Waals surface area contributed by atoms with Gasteiger partial charge in [0.25, 0.3) is 0 Å². The number of hydrogen-bond donors (Lipinski definition) is 0. The normalized spacial score (nSPS) is 21.7. The summed E-state index contributed by atoms with van der Waals surface area (Å²) in [5.74, 6) is 0.262. The molecule has 0 saturated carbocycles. The van der Waals surface area contributed by atoms with Gasteiger partial charge in [0.2, 0.25) is 10.0 Å². The first-order valence-electron chi connectivity index (χ1n) is 6.75. The van der Waals surface area contributed by atoms with Gasteiger partial charge in [-0.1, -0.05) is 19.8 Å². The topological polar surface area (TPSA) is 37.4 Å². The molecule has 0 bridgehead atoms. The highest BCUT2D eigenvalue weighted by molar-refractivity contribution is 7.89. The van der Waals surface area contributed by atoms with E-state index in [2.05, 4.69) is 6.92 Å². The Bertz CT molecular complexity index is 510. The van der Waals surface area contributed by atoms with Crippen LogP contribution in [0.4, 0.5) is 0 Å². The molecule has 1 fully saturated rings. The number of hydrogen-bond acceptors (Lipinski definition) is 3. The average Bonchev–Trinajstić information content (AvgIpc) is 2.88. The summed E-state index contributed by atoms with van der Waals surface area (Å²) < 4.78 is 27.3. The molecule has 0 aromatic carbocycles. The molecule has 6 heteroatoms. The second-order valence-corrected chi connectivity index (χ2v) is 8.02. The number of rotatable bonds is 5. The van der Waals surface area contributed by atoms with Gasteiger partial charge in [-0.15, -0.1) is 22.9 Å². The molecule has 1 atom stereocenters. The Morgan fingerprint density at radius 2 is 2.26 bits per heavy atom. The van der Waals surface area contributed by atoms with Crippen LogP contribution in [0, 0.1) is 0 Å². The Morgan fingerprint density at radius 1 is 1.47 bits per heavy atom. The Kier molecular flexibility index (Phi) is 5.29. The maximum Gasteiger partial charge on any atom is 0.244 e. The van der Waals surface area contributed by atoms with Crippen LogP contribution in [0.25, 0.3) is 0 Å². The smallest absolute Gasteiger partial charge is 0.207 e. The molecule has 0 spiro atoms. The van der Waals surface area contributed by atoms with Crippen molar-refractivity contribution in [1.29, 1.82) is 0 Å². The SMILES string of the molecule is CCCC1CCCCN1S(=O)(=O)c1ccsc1CCl. The lowest BCUT2D eigenvalue weighted by molar-refractivity contribution is 0.239. The van der Waals surface area contributed by atoms with Crippen LogP contribution in [0.3, 0.4) is 0 Å². The van der Waals surface area contributed by atoms with Crippen LogP contribution in [0.2, 0.25) is 0 Å². The van der Waals surface area contributed by atoms with Gasteiger partial charge in [0.05, 0.1) is 10.8 Å². The van der Waals surface area contributed by atoms with E-state index in [0.717, 1.165) is 37.0 Å². The largest absolute Gasteiger partial charge is 0.244 e. The molecular formula is C13H20ClNO2S2. The number of nitrogens with zero attached hydrogens (tertiary/aromatic N) is 1. The predicted octanol–water partition coefficient (Wildman–Crippen LogP) is 3.83. The van der Waals surface area contributed by atoms with Crippen LogP contribution in [-0.4, -0.2) is 25.3 Å². The van der Waals surface area contributed by atoms with Crippen LogP contribution < -0.4 is 0 Å². The van der Waals surface area contributed by atoms with E-state index in [1.54, 1.807) is 10.4 Å². The highest BCUT2D eigenvalue weighted by Crippen LogP contribution is 2.31. The minimum absolute atomic E-state index is 0.159. The first kappa shape index (κ1) is 15.3. The molecule has 1 aromatic rings. The van der Waals surface area contributed by atoms with E-state index in [1.807, 2.05) is 5.38 Å². The van der Waals surface area contributed by atoms with Gasteiger partial charge in [0.1, 0.15) is 0 Å². The fourth-order valence-electron chi connectivity index (χ4n) is 2.69. The molecule has 19 heavy (non-hydrogen) atoms. The molecule has 0 radical (unpaired) electrons. The maximum atomic E-state index is 12.8. The monoisotopic (exact) mass is 321 g/mol. The molecule has 1 unspecified atom stereocenters. The van der Waals surface area contributed by atoms with E-state index in [9.17, 15) is 8.42 Å². The van der Waals surface area contributed by atoms with Crippen molar-refractivity contribution in [3.63, 3.8) is 0 Å². The Morgan fingerprint density at radius 3 is 2.95 bits per heavy atom. The Hall–Kier alpha value is -0.100. The fourth-order valence-corrected chi connectivity index (χ4v) is 6.09. The summed E-state index contributed by atoms with van der Waals surface area (Å²) >= 11 is 7.26. The van der Waals surface area contributed by atoms with Crippen molar-refractivity contribution < 1.29 is 8.42 Å². The zero-order valence-electron chi connectivity index (χ0n) is 11.1. The Balaban J connectivity index is 2.31. The molecule has 2 rings (SSSR count). The van der Waals surface area contributed by atoms with Gasteiger partial charge < -0.3 is 0 Å². The minimum atomic E-state index is -3.37. The van der Waals surface area contributed by atoms with Crippen molar-refractivity contribution in [2.24, 2.45) is 0 Å². The highest BCUT2D eigenvalue weighted by atomic mass is 35.5. The van der Waals surface area contributed by atoms with E-state index < -0.39 is 10.0 Å². The molecule has 1 aliphatic rings. The molecule has 108 valence electrons. The van der Waals surface area contributed by atoms with Gasteiger partial charge in [-0.2, -0.15) is 4.31 Å². The molecule has 1 aliphatic heterocycles. The lowest BCUT2D eigenvalue weighted by Gasteiger charge is -2.34. The molecule has 3 nitrogen and oxygen atoms in total. The minimum Gasteiger partial charge on any atom is -0.207 e. The number of piperidine rings is 1. The zero-order valence-corrected chi connectivity index (χ0v) is 13.5. The Labute approximate surface area is 124 Å². The van der Waals surface area contributed by atoms with E-state index in [-0.39, 0.29) is 11.9 Å². The lowest BCUT2D eigenvalue weighted by Crippen LogP contribution is -2.43. The van der Waals surface area contributed by atoms with Crippen molar-refractivity contribution >= 4 is 33.0 Å². The molecule has 2 heterocycles. The highest BCUT2D eigenvalue weighted by Gasteiger charge is 2.34. The molecule has 0 amide bonds. The summed E-state index contributed by atoms with van der Waals surface area (Å²) in [4.78, 5) is 1.16. The number of halogens is 1. The van der Waals surface area contributed by atoms with Gasteiger partial charge in [-0.05, 0) is 30.7 Å². The van der Waals surface area contributed by atoms with Crippen molar-refractivity contribution in [1.82, 2.24) is 4.31 Å². The van der Waals surface area contributed by atoms with Gasteiger partial charge in [0, 0.05) is 17.5 Å². The summed E-state index contributed by atoms with van der Waals surface area (Å²) in [7, 11) is -3.37. The molecule has 1 saturated heterocycles. The van der Waals surface area contributed by atoms with Crippen molar-refractivity contribution in [3.05, 3.63) is 16.3 Å². The van der Waals surface area contributed by atoms with Crippen LogP contribution in [0.1, 0.15) is 43.9 Å². The van der Waals surface area contributed by atoms with Gasteiger partial charge in [-0.25, -0.2) is 8.42 Å². The predicted molar refractivity (Wildman–Crippen MR) is 80.3 cm³/mol. The number of thiophene rings is 1.